The summed E-state index contributed by atoms with van der Waals surface area (Å²) in [6, 6.07) is 16.8. The normalized spacial score (nSPS) is 16.4. The number of carbonyl (C=O) groups excluding carboxylic acids is 1. The van der Waals surface area contributed by atoms with Crippen LogP contribution in [-0.4, -0.2) is 53.0 Å². The Kier molecular flexibility index (Phi) is 5.14. The van der Waals surface area contributed by atoms with E-state index in [1.54, 1.807) is 12.1 Å². The number of benzene rings is 2. The topological polar surface area (TPSA) is 60.9 Å². The molecule has 1 aliphatic rings. The van der Waals surface area contributed by atoms with Gasteiger partial charge in [-0.3, -0.25) is 9.69 Å². The van der Waals surface area contributed by atoms with Crippen molar-refractivity contribution < 1.29 is 14.7 Å². The van der Waals surface area contributed by atoms with E-state index in [9.17, 15) is 9.59 Å². The smallest absolute Gasteiger partial charge is 0.335 e. The van der Waals surface area contributed by atoms with Crippen LogP contribution in [0.2, 0.25) is 0 Å². The van der Waals surface area contributed by atoms with Crippen molar-refractivity contribution in [3.63, 3.8) is 0 Å². The predicted octanol–water partition coefficient (Wildman–Crippen LogP) is 2.90. The van der Waals surface area contributed by atoms with Crippen LogP contribution in [0.5, 0.6) is 0 Å². The second kappa shape index (κ2) is 7.49. The molecule has 0 spiro atoms. The average molecular weight is 338 g/mol. The predicted molar refractivity (Wildman–Crippen MR) is 95.7 cm³/mol. The number of amides is 1. The first-order valence-corrected chi connectivity index (χ1v) is 8.48. The number of hydrogen-bond donors (Lipinski definition) is 1. The molecule has 5 nitrogen and oxygen atoms in total. The highest BCUT2D eigenvalue weighted by Crippen LogP contribution is 2.21. The van der Waals surface area contributed by atoms with Crippen molar-refractivity contribution in [3.05, 3.63) is 71.3 Å². The Labute approximate surface area is 147 Å². The molecule has 130 valence electrons. The number of nitrogens with zero attached hydrogens (tertiary/aromatic N) is 2. The van der Waals surface area contributed by atoms with Gasteiger partial charge in [0.05, 0.1) is 5.56 Å². The Balaban J connectivity index is 1.60. The third-order valence-corrected chi connectivity index (χ3v) is 4.81. The molecule has 5 heteroatoms. The fraction of sp³-hybridized carbons (Fsp3) is 0.300. The van der Waals surface area contributed by atoms with Crippen LogP contribution in [0.3, 0.4) is 0 Å². The third kappa shape index (κ3) is 3.88. The summed E-state index contributed by atoms with van der Waals surface area (Å²) in [5, 5.41) is 8.94. The maximum Gasteiger partial charge on any atom is 0.335 e. The second-order valence-electron chi connectivity index (χ2n) is 6.30. The molecule has 0 radical (unpaired) electrons. The molecule has 3 rings (SSSR count). The van der Waals surface area contributed by atoms with Crippen LogP contribution in [0.25, 0.3) is 0 Å². The van der Waals surface area contributed by atoms with Crippen molar-refractivity contribution in [2.75, 3.05) is 26.2 Å². The summed E-state index contributed by atoms with van der Waals surface area (Å²) < 4.78 is 0. The van der Waals surface area contributed by atoms with Crippen molar-refractivity contribution >= 4 is 11.9 Å². The molecule has 1 aliphatic heterocycles. The van der Waals surface area contributed by atoms with Gasteiger partial charge in [0.25, 0.3) is 5.91 Å². The highest BCUT2D eigenvalue weighted by atomic mass is 16.4. The molecule has 1 amide bonds. The third-order valence-electron chi connectivity index (χ3n) is 4.81. The van der Waals surface area contributed by atoms with Crippen LogP contribution in [0.4, 0.5) is 0 Å². The molecule has 1 saturated heterocycles. The van der Waals surface area contributed by atoms with Gasteiger partial charge in [0, 0.05) is 37.8 Å². The van der Waals surface area contributed by atoms with Gasteiger partial charge in [-0.05, 0) is 36.8 Å². The average Bonchev–Trinajstić information content (AvgIpc) is 2.67. The number of carbonyl (C=O) groups is 2. The zero-order valence-electron chi connectivity index (χ0n) is 14.3. The lowest BCUT2D eigenvalue weighted by Gasteiger charge is -2.38. The van der Waals surface area contributed by atoms with Crippen LogP contribution in [0, 0.1) is 0 Å². The SMILES string of the molecule is CC(c1ccccc1)N1CCN(C(=O)c2ccc(C(=O)O)cc2)CC1. The van der Waals surface area contributed by atoms with Gasteiger partial charge >= 0.3 is 5.97 Å². The van der Waals surface area contributed by atoms with E-state index in [0.717, 1.165) is 13.1 Å². The first-order chi connectivity index (χ1) is 12.1. The number of rotatable bonds is 4. The fourth-order valence-corrected chi connectivity index (χ4v) is 3.19. The van der Waals surface area contributed by atoms with Crippen LogP contribution >= 0.6 is 0 Å². The van der Waals surface area contributed by atoms with Crippen LogP contribution < -0.4 is 0 Å². The summed E-state index contributed by atoms with van der Waals surface area (Å²) in [4.78, 5) is 27.7. The lowest BCUT2D eigenvalue weighted by molar-refractivity contribution is 0.0581. The van der Waals surface area contributed by atoms with Gasteiger partial charge in [-0.2, -0.15) is 0 Å². The Bertz CT molecular complexity index is 735. The van der Waals surface area contributed by atoms with E-state index in [0.29, 0.717) is 24.7 Å². The number of carboxylic acids is 1. The molecule has 1 atom stereocenters. The molecular weight excluding hydrogens is 316 g/mol. The molecule has 1 heterocycles. The Morgan fingerprint density at radius 1 is 0.880 bits per heavy atom. The summed E-state index contributed by atoms with van der Waals surface area (Å²) >= 11 is 0. The highest BCUT2D eigenvalue weighted by molar-refractivity contribution is 5.96. The second-order valence-corrected chi connectivity index (χ2v) is 6.30. The Morgan fingerprint density at radius 2 is 1.44 bits per heavy atom. The monoisotopic (exact) mass is 338 g/mol. The minimum Gasteiger partial charge on any atom is -0.478 e. The maximum absolute atomic E-state index is 12.6. The molecule has 2 aromatic rings. The lowest BCUT2D eigenvalue weighted by Crippen LogP contribution is -2.49. The number of hydrogen-bond acceptors (Lipinski definition) is 3. The van der Waals surface area contributed by atoms with Gasteiger partial charge in [0.1, 0.15) is 0 Å². The zero-order valence-corrected chi connectivity index (χ0v) is 14.3. The fourth-order valence-electron chi connectivity index (χ4n) is 3.19. The lowest BCUT2D eigenvalue weighted by atomic mass is 10.1. The van der Waals surface area contributed by atoms with Gasteiger partial charge < -0.3 is 10.0 Å². The first-order valence-electron chi connectivity index (χ1n) is 8.48. The van der Waals surface area contributed by atoms with E-state index in [-0.39, 0.29) is 11.5 Å². The largest absolute Gasteiger partial charge is 0.478 e. The first kappa shape index (κ1) is 17.2. The van der Waals surface area contributed by atoms with E-state index in [1.807, 2.05) is 23.1 Å². The molecule has 0 saturated carbocycles. The zero-order chi connectivity index (χ0) is 17.8. The van der Waals surface area contributed by atoms with Gasteiger partial charge in [-0.1, -0.05) is 30.3 Å². The Hall–Kier alpha value is -2.66. The van der Waals surface area contributed by atoms with E-state index in [4.69, 9.17) is 5.11 Å². The molecule has 25 heavy (non-hydrogen) atoms. The summed E-state index contributed by atoms with van der Waals surface area (Å²) in [6.07, 6.45) is 0. The number of piperazine rings is 1. The quantitative estimate of drug-likeness (QED) is 0.931. The van der Waals surface area contributed by atoms with Crippen molar-refractivity contribution in [1.82, 2.24) is 9.80 Å². The van der Waals surface area contributed by atoms with Gasteiger partial charge in [0.2, 0.25) is 0 Å². The molecule has 0 bridgehead atoms. The van der Waals surface area contributed by atoms with Crippen molar-refractivity contribution in [3.8, 4) is 0 Å². The molecular formula is C20H22N2O3. The van der Waals surface area contributed by atoms with Gasteiger partial charge in [0.15, 0.2) is 0 Å². The number of carboxylic acid groups (broad SMARTS) is 1. The van der Waals surface area contributed by atoms with Crippen LogP contribution in [-0.2, 0) is 0 Å². The minimum absolute atomic E-state index is 0.0380. The van der Waals surface area contributed by atoms with Crippen LogP contribution in [0.1, 0.15) is 39.2 Å². The molecule has 0 aromatic heterocycles. The number of aromatic carboxylic acids is 1. The summed E-state index contributed by atoms with van der Waals surface area (Å²) in [5.41, 5.74) is 2.01. The molecule has 1 N–H and O–H groups in total. The summed E-state index contributed by atoms with van der Waals surface area (Å²) in [5.74, 6) is -1.02. The summed E-state index contributed by atoms with van der Waals surface area (Å²) in [7, 11) is 0. The molecule has 2 aromatic carbocycles. The molecule has 1 unspecified atom stereocenters. The van der Waals surface area contributed by atoms with Gasteiger partial charge in [-0.15, -0.1) is 0 Å². The Morgan fingerprint density at radius 3 is 2.00 bits per heavy atom. The van der Waals surface area contributed by atoms with Crippen LogP contribution in [0.15, 0.2) is 54.6 Å². The van der Waals surface area contributed by atoms with E-state index in [2.05, 4.69) is 24.0 Å². The van der Waals surface area contributed by atoms with Gasteiger partial charge in [-0.25, -0.2) is 4.79 Å². The van der Waals surface area contributed by atoms with E-state index >= 15 is 0 Å². The van der Waals surface area contributed by atoms with Crippen molar-refractivity contribution in [1.29, 1.82) is 0 Å². The van der Waals surface area contributed by atoms with Crippen molar-refractivity contribution in [2.24, 2.45) is 0 Å². The summed E-state index contributed by atoms with van der Waals surface area (Å²) in [6.45, 7) is 5.20. The van der Waals surface area contributed by atoms with E-state index in [1.165, 1.54) is 17.7 Å². The molecule has 0 aliphatic carbocycles. The highest BCUT2D eigenvalue weighted by Gasteiger charge is 2.25. The standard InChI is InChI=1S/C20H22N2O3/c1-15(16-5-3-2-4-6-16)21-11-13-22(14-12-21)19(23)17-7-9-18(10-8-17)20(24)25/h2-10,15H,11-14H2,1H3,(H,24,25). The minimum atomic E-state index is -0.984. The maximum atomic E-state index is 12.6. The van der Waals surface area contributed by atoms with Crippen molar-refractivity contribution in [2.45, 2.75) is 13.0 Å². The molecule has 1 fully saturated rings. The van der Waals surface area contributed by atoms with E-state index < -0.39 is 5.97 Å².